The molecule has 0 radical (unpaired) electrons. The first kappa shape index (κ1) is 18.3. The van der Waals surface area contributed by atoms with E-state index < -0.39 is 14.6 Å². The molecule has 2 aromatic carbocycles. The highest BCUT2D eigenvalue weighted by molar-refractivity contribution is 8.18. The first-order valence-electron chi connectivity index (χ1n) is 10.2. The Bertz CT molecular complexity index is 911. The topological polar surface area (TPSA) is 37.4 Å². The number of benzene rings is 2. The van der Waals surface area contributed by atoms with Gasteiger partial charge in [0.15, 0.2) is 0 Å². The molecule has 0 aromatic heterocycles. The van der Waals surface area contributed by atoms with Crippen LogP contribution >= 0.6 is 12.2 Å². The van der Waals surface area contributed by atoms with Crippen molar-refractivity contribution in [1.29, 1.82) is 0 Å². The molecule has 4 aliphatic rings. The molecule has 28 heavy (non-hydrogen) atoms. The summed E-state index contributed by atoms with van der Waals surface area (Å²) in [6.07, 6.45) is 6.00. The highest BCUT2D eigenvalue weighted by atomic mass is 32.2. The minimum atomic E-state index is -3.60. The Morgan fingerprint density at radius 2 is 1.18 bits per heavy atom. The third kappa shape index (κ3) is 2.82. The summed E-state index contributed by atoms with van der Waals surface area (Å²) in [6, 6.07) is 19.3. The van der Waals surface area contributed by atoms with E-state index in [1.54, 1.807) is 4.90 Å². The number of hydrogen-bond acceptors (Lipinski definition) is 3. The zero-order valence-corrected chi connectivity index (χ0v) is 17.5. The summed E-state index contributed by atoms with van der Waals surface area (Å²) in [6.45, 7) is 0. The van der Waals surface area contributed by atoms with E-state index in [9.17, 15) is 8.42 Å². The lowest BCUT2D eigenvalue weighted by molar-refractivity contribution is 0.0347. The minimum absolute atomic E-state index is 0.0619. The highest BCUT2D eigenvalue weighted by Crippen LogP contribution is 2.59. The molecule has 4 aliphatic carbocycles. The van der Waals surface area contributed by atoms with Gasteiger partial charge in [0.2, 0.25) is 14.2 Å². The van der Waals surface area contributed by atoms with Gasteiger partial charge in [-0.1, -0.05) is 36.4 Å². The Labute approximate surface area is 172 Å². The van der Waals surface area contributed by atoms with Gasteiger partial charge in [0.1, 0.15) is 0 Å². The summed E-state index contributed by atoms with van der Waals surface area (Å²) in [7, 11) is -3.60. The van der Waals surface area contributed by atoms with E-state index in [0.29, 0.717) is 17.8 Å². The molecule has 0 amide bonds. The van der Waals surface area contributed by atoms with Crippen molar-refractivity contribution in [2.45, 2.75) is 43.3 Å². The van der Waals surface area contributed by atoms with Crippen LogP contribution in [0.3, 0.4) is 0 Å². The van der Waals surface area contributed by atoms with Gasteiger partial charge in [0.25, 0.3) is 0 Å². The third-order valence-electron chi connectivity index (χ3n) is 6.99. The minimum Gasteiger partial charge on any atom is -0.292 e. The zero-order chi connectivity index (χ0) is 19.4. The lowest BCUT2D eigenvalue weighted by Gasteiger charge is -2.56. The predicted octanol–water partition coefficient (Wildman–Crippen LogP) is 5.49. The van der Waals surface area contributed by atoms with Gasteiger partial charge in [-0.3, -0.25) is 4.90 Å². The van der Waals surface area contributed by atoms with Gasteiger partial charge >= 0.3 is 0 Å². The number of sulfone groups is 1. The molecule has 2 aromatic rings. The van der Waals surface area contributed by atoms with Crippen LogP contribution < -0.4 is 4.90 Å². The average molecular weight is 412 g/mol. The summed E-state index contributed by atoms with van der Waals surface area (Å²) < 4.78 is 27.4. The van der Waals surface area contributed by atoms with E-state index in [1.165, 1.54) is 19.3 Å². The first-order chi connectivity index (χ1) is 13.5. The zero-order valence-electron chi connectivity index (χ0n) is 15.8. The summed E-state index contributed by atoms with van der Waals surface area (Å²) in [4.78, 5) is 1.75. The second kappa shape index (κ2) is 6.67. The van der Waals surface area contributed by atoms with Crippen molar-refractivity contribution in [1.82, 2.24) is 0 Å². The van der Waals surface area contributed by atoms with E-state index >= 15 is 0 Å². The average Bonchev–Trinajstić information content (AvgIpc) is 2.69. The molecular formula is C23H25NO2S2. The molecule has 0 saturated heterocycles. The smallest absolute Gasteiger partial charge is 0.210 e. The molecular weight excluding hydrogens is 386 g/mol. The van der Waals surface area contributed by atoms with Gasteiger partial charge in [0.05, 0.1) is 4.75 Å². The summed E-state index contributed by atoms with van der Waals surface area (Å²) in [5, 5.41) is 0. The van der Waals surface area contributed by atoms with E-state index in [0.717, 1.165) is 30.6 Å². The van der Waals surface area contributed by atoms with Crippen molar-refractivity contribution >= 4 is 37.8 Å². The largest absolute Gasteiger partial charge is 0.292 e. The van der Waals surface area contributed by atoms with Crippen LogP contribution in [0.2, 0.25) is 0 Å². The van der Waals surface area contributed by atoms with Crippen LogP contribution in [0.5, 0.6) is 0 Å². The number of nitrogens with zero attached hydrogens (tertiary/aromatic N) is 1. The quantitative estimate of drug-likeness (QED) is 0.626. The molecule has 4 bridgehead atoms. The molecule has 0 spiro atoms. The third-order valence-corrected chi connectivity index (χ3v) is 10.1. The Morgan fingerprint density at radius 1 is 0.786 bits per heavy atom. The van der Waals surface area contributed by atoms with Crippen LogP contribution in [0, 0.1) is 17.8 Å². The number of hydrogen-bond donors (Lipinski definition) is 0. The number of para-hydroxylation sites is 2. The molecule has 0 unspecified atom stereocenters. The van der Waals surface area contributed by atoms with Crippen LogP contribution in [-0.4, -0.2) is 17.5 Å². The molecule has 0 atom stereocenters. The fourth-order valence-corrected chi connectivity index (χ4v) is 9.11. The van der Waals surface area contributed by atoms with E-state index in [4.69, 9.17) is 12.2 Å². The molecule has 4 saturated carbocycles. The molecule has 0 N–H and O–H groups in total. The predicted molar refractivity (Wildman–Crippen MR) is 117 cm³/mol. The van der Waals surface area contributed by atoms with Gasteiger partial charge in [-0.05, 0) is 92.8 Å². The lowest BCUT2D eigenvalue weighted by Crippen LogP contribution is -2.57. The van der Waals surface area contributed by atoms with Crippen molar-refractivity contribution in [3.8, 4) is 0 Å². The Balaban J connectivity index is 1.58. The number of anilines is 2. The normalized spacial score (nSPS) is 30.9. The maximum absolute atomic E-state index is 14.0. The van der Waals surface area contributed by atoms with Crippen molar-refractivity contribution in [2.24, 2.45) is 17.8 Å². The molecule has 6 rings (SSSR count). The molecule has 146 valence electrons. The summed E-state index contributed by atoms with van der Waals surface area (Å²) >= 11 is 5.75. The van der Waals surface area contributed by atoms with Crippen LogP contribution in [0.25, 0.3) is 0 Å². The fraction of sp³-hybridized carbons (Fsp3) is 0.435. The second-order valence-corrected chi connectivity index (χ2v) is 11.8. The van der Waals surface area contributed by atoms with Gasteiger partial charge in [-0.2, -0.15) is 0 Å². The van der Waals surface area contributed by atoms with E-state index in [2.05, 4.69) is 0 Å². The highest BCUT2D eigenvalue weighted by Gasteiger charge is 2.59. The Morgan fingerprint density at radius 3 is 1.57 bits per heavy atom. The maximum Gasteiger partial charge on any atom is 0.210 e. The van der Waals surface area contributed by atoms with Crippen molar-refractivity contribution < 1.29 is 8.42 Å². The monoisotopic (exact) mass is 411 g/mol. The van der Waals surface area contributed by atoms with Crippen molar-refractivity contribution in [3.05, 3.63) is 60.7 Å². The van der Waals surface area contributed by atoms with E-state index in [1.807, 2.05) is 60.7 Å². The van der Waals surface area contributed by atoms with Gasteiger partial charge in [0, 0.05) is 11.4 Å². The van der Waals surface area contributed by atoms with E-state index in [-0.39, 0.29) is 4.32 Å². The molecule has 0 aliphatic heterocycles. The van der Waals surface area contributed by atoms with Gasteiger partial charge in [-0.15, -0.1) is 0 Å². The van der Waals surface area contributed by atoms with Crippen molar-refractivity contribution in [2.75, 3.05) is 4.90 Å². The van der Waals surface area contributed by atoms with Crippen molar-refractivity contribution in [3.63, 3.8) is 0 Å². The maximum atomic E-state index is 14.0. The number of rotatable bonds is 3. The van der Waals surface area contributed by atoms with Crippen LogP contribution in [0.4, 0.5) is 11.4 Å². The number of thiocarbonyl (C=S) groups is 1. The summed E-state index contributed by atoms with van der Waals surface area (Å²) in [5.41, 5.74) is 1.60. The van der Waals surface area contributed by atoms with Crippen LogP contribution in [0.15, 0.2) is 60.7 Å². The Kier molecular flexibility index (Phi) is 4.36. The second-order valence-electron chi connectivity index (χ2n) is 8.88. The van der Waals surface area contributed by atoms with Crippen LogP contribution in [-0.2, 0) is 9.84 Å². The SMILES string of the molecule is O=S(=O)(C(=S)N(c1ccccc1)c1ccccc1)C12CC3CC(CC(C3)C1)C2. The van der Waals surface area contributed by atoms with Crippen LogP contribution in [0.1, 0.15) is 38.5 Å². The fourth-order valence-electron chi connectivity index (χ4n) is 6.18. The molecule has 5 heteroatoms. The van der Waals surface area contributed by atoms with Gasteiger partial charge in [-0.25, -0.2) is 8.42 Å². The molecule has 0 heterocycles. The Hall–Kier alpha value is -1.72. The molecule has 4 fully saturated rings. The standard InChI is InChI=1S/C23H25NO2S2/c25-28(26,23-14-17-11-18(15-23)13-19(12-17)16-23)22(27)24(20-7-3-1-4-8-20)21-9-5-2-6-10-21/h1-10,17-19H,11-16H2. The lowest BCUT2D eigenvalue weighted by atomic mass is 9.56. The summed E-state index contributed by atoms with van der Waals surface area (Å²) in [5.74, 6) is 1.68. The molecule has 3 nitrogen and oxygen atoms in total. The van der Waals surface area contributed by atoms with Gasteiger partial charge < -0.3 is 0 Å². The first-order valence-corrected chi connectivity index (χ1v) is 12.1.